The highest BCUT2D eigenvalue weighted by Gasteiger charge is 2.19. The van der Waals surface area contributed by atoms with E-state index in [1.54, 1.807) is 29.2 Å². The SMILES string of the molecule is O=C(O)c1cn(-c2ccncc2)nc1-c1cc(Br)cs1. The van der Waals surface area contributed by atoms with Crippen molar-refractivity contribution in [2.75, 3.05) is 0 Å². The Hall–Kier alpha value is -1.99. The van der Waals surface area contributed by atoms with Crippen LogP contribution in [0.5, 0.6) is 0 Å². The number of aromatic nitrogens is 3. The molecule has 100 valence electrons. The van der Waals surface area contributed by atoms with E-state index in [1.807, 2.05) is 11.4 Å². The largest absolute Gasteiger partial charge is 0.478 e. The van der Waals surface area contributed by atoms with Crippen LogP contribution >= 0.6 is 27.3 Å². The maximum Gasteiger partial charge on any atom is 0.339 e. The number of aromatic carboxylic acids is 1. The zero-order chi connectivity index (χ0) is 14.1. The molecule has 0 aliphatic rings. The molecule has 0 atom stereocenters. The highest BCUT2D eigenvalue weighted by atomic mass is 79.9. The van der Waals surface area contributed by atoms with Crippen LogP contribution in [0.2, 0.25) is 0 Å². The van der Waals surface area contributed by atoms with Gasteiger partial charge in [-0.1, -0.05) is 0 Å². The van der Waals surface area contributed by atoms with E-state index in [1.165, 1.54) is 17.5 Å². The van der Waals surface area contributed by atoms with Crippen molar-refractivity contribution in [3.8, 4) is 16.3 Å². The van der Waals surface area contributed by atoms with Crippen molar-refractivity contribution in [3.05, 3.63) is 52.2 Å². The number of carbonyl (C=O) groups is 1. The molecule has 20 heavy (non-hydrogen) atoms. The molecule has 0 saturated carbocycles. The topological polar surface area (TPSA) is 68.0 Å². The molecular weight excluding hydrogens is 342 g/mol. The summed E-state index contributed by atoms with van der Waals surface area (Å²) in [6, 6.07) is 5.40. The van der Waals surface area contributed by atoms with E-state index in [-0.39, 0.29) is 5.56 Å². The van der Waals surface area contributed by atoms with Crippen LogP contribution in [0.3, 0.4) is 0 Å². The van der Waals surface area contributed by atoms with Gasteiger partial charge in [0.25, 0.3) is 0 Å². The van der Waals surface area contributed by atoms with Crippen LogP contribution < -0.4 is 0 Å². The van der Waals surface area contributed by atoms with Crippen LogP contribution in [0.1, 0.15) is 10.4 Å². The first kappa shape index (κ1) is 13.0. The van der Waals surface area contributed by atoms with Gasteiger partial charge in [0, 0.05) is 28.4 Å². The number of carboxylic acids is 1. The molecule has 7 heteroatoms. The van der Waals surface area contributed by atoms with Crippen LogP contribution in [-0.4, -0.2) is 25.8 Å². The van der Waals surface area contributed by atoms with Gasteiger partial charge in [-0.3, -0.25) is 4.98 Å². The molecule has 3 rings (SSSR count). The van der Waals surface area contributed by atoms with Crippen molar-refractivity contribution in [3.63, 3.8) is 0 Å². The number of nitrogens with zero attached hydrogens (tertiary/aromatic N) is 3. The third-order valence-corrected chi connectivity index (χ3v) is 4.37. The Morgan fingerprint density at radius 3 is 2.70 bits per heavy atom. The highest BCUT2D eigenvalue weighted by molar-refractivity contribution is 9.10. The summed E-state index contributed by atoms with van der Waals surface area (Å²) in [6.07, 6.45) is 4.79. The fourth-order valence-corrected chi connectivity index (χ4v) is 3.20. The normalized spacial score (nSPS) is 10.7. The summed E-state index contributed by atoms with van der Waals surface area (Å²) < 4.78 is 2.46. The van der Waals surface area contributed by atoms with E-state index in [4.69, 9.17) is 0 Å². The van der Waals surface area contributed by atoms with Crippen LogP contribution in [0, 0.1) is 0 Å². The number of carboxylic acid groups (broad SMARTS) is 1. The molecule has 3 aromatic rings. The summed E-state index contributed by atoms with van der Waals surface area (Å²) in [5.41, 5.74) is 1.41. The van der Waals surface area contributed by atoms with Gasteiger partial charge >= 0.3 is 5.97 Å². The minimum Gasteiger partial charge on any atom is -0.478 e. The third kappa shape index (κ3) is 2.37. The highest BCUT2D eigenvalue weighted by Crippen LogP contribution is 2.31. The maximum absolute atomic E-state index is 11.4. The Morgan fingerprint density at radius 1 is 1.35 bits per heavy atom. The molecule has 0 aliphatic heterocycles. The van der Waals surface area contributed by atoms with Crippen molar-refractivity contribution in [1.29, 1.82) is 0 Å². The average Bonchev–Trinajstić information content (AvgIpc) is 3.05. The molecule has 0 spiro atoms. The Balaban J connectivity index is 2.15. The molecule has 1 N–H and O–H groups in total. The van der Waals surface area contributed by atoms with Crippen molar-refractivity contribution in [2.45, 2.75) is 0 Å². The van der Waals surface area contributed by atoms with E-state index < -0.39 is 5.97 Å². The summed E-state index contributed by atoms with van der Waals surface area (Å²) in [4.78, 5) is 16.1. The number of pyridine rings is 1. The lowest BCUT2D eigenvalue weighted by Crippen LogP contribution is -1.96. The summed E-state index contributed by atoms with van der Waals surface area (Å²) in [7, 11) is 0. The van der Waals surface area contributed by atoms with Gasteiger partial charge in [-0.05, 0) is 34.1 Å². The van der Waals surface area contributed by atoms with Crippen LogP contribution in [0.25, 0.3) is 16.3 Å². The summed E-state index contributed by atoms with van der Waals surface area (Å²) in [5, 5.41) is 15.6. The Morgan fingerprint density at radius 2 is 2.10 bits per heavy atom. The monoisotopic (exact) mass is 349 g/mol. The van der Waals surface area contributed by atoms with Gasteiger partial charge in [-0.15, -0.1) is 11.3 Å². The standard InChI is InChI=1S/C13H8BrN3O2S/c14-8-5-11(20-7-8)12-10(13(18)19)6-17(16-12)9-1-3-15-4-2-9/h1-7H,(H,18,19). The van der Waals surface area contributed by atoms with E-state index in [9.17, 15) is 9.90 Å². The lowest BCUT2D eigenvalue weighted by molar-refractivity contribution is 0.0697. The Labute approximate surface area is 126 Å². The Kier molecular flexibility index (Phi) is 3.37. The average molecular weight is 350 g/mol. The van der Waals surface area contributed by atoms with Gasteiger partial charge in [0.05, 0.1) is 10.6 Å². The van der Waals surface area contributed by atoms with E-state index in [0.29, 0.717) is 5.69 Å². The first-order valence-corrected chi connectivity index (χ1v) is 7.30. The number of hydrogen-bond acceptors (Lipinski definition) is 4. The number of halogens is 1. The molecule has 0 aliphatic carbocycles. The predicted molar refractivity (Wildman–Crippen MR) is 79.3 cm³/mol. The molecular formula is C13H8BrN3O2S. The first-order chi connectivity index (χ1) is 9.65. The quantitative estimate of drug-likeness (QED) is 0.786. The van der Waals surface area contributed by atoms with Crippen molar-refractivity contribution in [2.24, 2.45) is 0 Å². The van der Waals surface area contributed by atoms with Gasteiger partial charge in [-0.25, -0.2) is 9.48 Å². The fraction of sp³-hybridized carbons (Fsp3) is 0. The van der Waals surface area contributed by atoms with Gasteiger partial charge < -0.3 is 5.11 Å². The Bertz CT molecular complexity index is 767. The molecule has 0 radical (unpaired) electrons. The summed E-state index contributed by atoms with van der Waals surface area (Å²) in [5.74, 6) is -0.996. The van der Waals surface area contributed by atoms with Gasteiger partial charge in [0.15, 0.2) is 0 Å². The zero-order valence-corrected chi connectivity index (χ0v) is 12.4. The van der Waals surface area contributed by atoms with Gasteiger partial charge in [-0.2, -0.15) is 5.10 Å². The van der Waals surface area contributed by atoms with E-state index >= 15 is 0 Å². The molecule has 0 amide bonds. The molecule has 0 bridgehead atoms. The minimum atomic E-state index is -0.996. The molecule has 0 aromatic carbocycles. The first-order valence-electron chi connectivity index (χ1n) is 5.63. The number of thiophene rings is 1. The van der Waals surface area contributed by atoms with Crippen LogP contribution in [-0.2, 0) is 0 Å². The number of hydrogen-bond donors (Lipinski definition) is 1. The molecule has 3 heterocycles. The van der Waals surface area contributed by atoms with Gasteiger partial charge in [0.1, 0.15) is 11.3 Å². The smallest absolute Gasteiger partial charge is 0.339 e. The fourth-order valence-electron chi connectivity index (χ4n) is 1.78. The number of rotatable bonds is 3. The molecule has 0 fully saturated rings. The third-order valence-electron chi connectivity index (χ3n) is 2.67. The van der Waals surface area contributed by atoms with Crippen molar-refractivity contribution >= 4 is 33.2 Å². The molecule has 5 nitrogen and oxygen atoms in total. The van der Waals surface area contributed by atoms with Gasteiger partial charge in [0.2, 0.25) is 0 Å². The summed E-state index contributed by atoms with van der Waals surface area (Å²) in [6.45, 7) is 0. The van der Waals surface area contributed by atoms with E-state index in [0.717, 1.165) is 15.0 Å². The lowest BCUT2D eigenvalue weighted by Gasteiger charge is -1.98. The second-order valence-electron chi connectivity index (χ2n) is 3.98. The second-order valence-corrected chi connectivity index (χ2v) is 5.80. The second kappa shape index (κ2) is 5.18. The van der Waals surface area contributed by atoms with E-state index in [2.05, 4.69) is 26.0 Å². The molecule has 0 unspecified atom stereocenters. The maximum atomic E-state index is 11.4. The predicted octanol–water partition coefficient (Wildman–Crippen LogP) is 3.46. The zero-order valence-electron chi connectivity index (χ0n) is 10.0. The van der Waals surface area contributed by atoms with Crippen LogP contribution in [0.15, 0.2) is 46.6 Å². The minimum absolute atomic E-state index is 0.177. The lowest BCUT2D eigenvalue weighted by atomic mass is 10.2. The molecule has 0 saturated heterocycles. The summed E-state index contributed by atoms with van der Waals surface area (Å²) >= 11 is 4.81. The van der Waals surface area contributed by atoms with Crippen LogP contribution in [0.4, 0.5) is 0 Å². The van der Waals surface area contributed by atoms with Crippen molar-refractivity contribution < 1.29 is 9.90 Å². The molecule has 3 aromatic heterocycles. The van der Waals surface area contributed by atoms with Crippen molar-refractivity contribution in [1.82, 2.24) is 14.8 Å².